The van der Waals surface area contributed by atoms with Gasteiger partial charge in [0, 0.05) is 0 Å². The van der Waals surface area contributed by atoms with Crippen LogP contribution in [0.25, 0.3) is 0 Å². The van der Waals surface area contributed by atoms with Crippen molar-refractivity contribution in [2.45, 2.75) is 94.3 Å². The topological polar surface area (TPSA) is 60.5 Å². The maximum Gasteiger partial charge on any atom is 0.119 e. The van der Waals surface area contributed by atoms with Gasteiger partial charge in [0.2, 0.25) is 0 Å². The van der Waals surface area contributed by atoms with Gasteiger partial charge in [0.1, 0.15) is 36.9 Å². The molecule has 0 saturated carbocycles. The van der Waals surface area contributed by atoms with E-state index in [9.17, 15) is 5.11 Å². The zero-order valence-corrected chi connectivity index (χ0v) is 26.2. The highest BCUT2D eigenvalue weighted by atomic mass is 16.6. The Kier molecular flexibility index (Phi) is 44.1. The molecule has 2 aromatic carbocycles. The molecule has 1 heterocycles. The third kappa shape index (κ3) is 35.8. The van der Waals surface area contributed by atoms with Crippen LogP contribution in [0, 0.1) is 0 Å². The van der Waals surface area contributed by atoms with Crippen LogP contribution in [-0.4, -0.2) is 50.3 Å². The van der Waals surface area contributed by atoms with E-state index in [0.29, 0.717) is 19.3 Å². The first-order chi connectivity index (χ1) is 18.6. The van der Waals surface area contributed by atoms with E-state index in [2.05, 4.69) is 34.3 Å². The Balaban J connectivity index is -0.000000220. The van der Waals surface area contributed by atoms with Crippen LogP contribution in [0.5, 0.6) is 11.5 Å². The maximum absolute atomic E-state index is 9.45. The molecule has 1 aliphatic heterocycles. The summed E-state index contributed by atoms with van der Waals surface area (Å²) < 4.78 is 20.8. The lowest BCUT2D eigenvalue weighted by atomic mass is 10.3. The van der Waals surface area contributed by atoms with E-state index in [0.717, 1.165) is 18.1 Å². The van der Waals surface area contributed by atoms with Crippen LogP contribution in [0.15, 0.2) is 73.3 Å². The van der Waals surface area contributed by atoms with Gasteiger partial charge in [-0.1, -0.05) is 125 Å². The molecule has 2 atom stereocenters. The lowest BCUT2D eigenvalue weighted by molar-refractivity contribution is 0.0214. The lowest BCUT2D eigenvalue weighted by Gasteiger charge is -2.11. The first kappa shape index (κ1) is 42.7. The standard InChI is InChI=1S/C12H16O3.C9H10O2.2C3H8.3C2H6/c1-2-8-14-9-11(13)10-15-12-6-4-3-5-7-12;1-2-4-8(5-3-1)10-6-9-7-11-9;2*1-3-2;3*1-2/h2-7,11,13H,1,8-10H2;1-5,9H,6-7H2;2*3H2,1-2H3;3*1-2H3. The molecule has 1 aliphatic rings. The summed E-state index contributed by atoms with van der Waals surface area (Å²) in [5.41, 5.74) is 0. The summed E-state index contributed by atoms with van der Waals surface area (Å²) >= 11 is 0. The first-order valence-corrected chi connectivity index (χ1v) is 14.4. The van der Waals surface area contributed by atoms with Crippen LogP contribution in [-0.2, 0) is 9.47 Å². The third-order valence-electron chi connectivity index (χ3n) is 3.31. The monoisotopic (exact) mass is 536 g/mol. The highest BCUT2D eigenvalue weighted by Gasteiger charge is 2.22. The van der Waals surface area contributed by atoms with Crippen molar-refractivity contribution in [1.82, 2.24) is 0 Å². The van der Waals surface area contributed by atoms with Crippen molar-refractivity contribution >= 4 is 0 Å². The molecule has 222 valence electrons. The minimum absolute atomic E-state index is 0.237. The van der Waals surface area contributed by atoms with Gasteiger partial charge in [0.25, 0.3) is 0 Å². The number of ether oxygens (including phenoxy) is 4. The van der Waals surface area contributed by atoms with Crippen molar-refractivity contribution in [3.8, 4) is 11.5 Å². The number of hydrogen-bond acceptors (Lipinski definition) is 5. The summed E-state index contributed by atoms with van der Waals surface area (Å²) in [7, 11) is 0. The van der Waals surface area contributed by atoms with Crippen LogP contribution < -0.4 is 9.47 Å². The lowest BCUT2D eigenvalue weighted by Crippen LogP contribution is -2.23. The minimum Gasteiger partial charge on any atom is -0.491 e. The zero-order valence-electron chi connectivity index (χ0n) is 26.2. The van der Waals surface area contributed by atoms with E-state index in [1.54, 1.807) is 6.08 Å². The summed E-state index contributed by atoms with van der Waals surface area (Å²) in [4.78, 5) is 0. The third-order valence-corrected chi connectivity index (χ3v) is 3.31. The molecular formula is C33H60O5. The van der Waals surface area contributed by atoms with Gasteiger partial charge in [-0.05, 0) is 24.3 Å². The molecule has 0 bridgehead atoms. The molecule has 1 saturated heterocycles. The predicted octanol–water partition coefficient (Wildman–Crippen LogP) is 9.00. The van der Waals surface area contributed by atoms with E-state index in [1.165, 1.54) is 12.8 Å². The van der Waals surface area contributed by atoms with Gasteiger partial charge in [-0.15, -0.1) is 6.58 Å². The van der Waals surface area contributed by atoms with Crippen molar-refractivity contribution in [3.63, 3.8) is 0 Å². The molecular weight excluding hydrogens is 476 g/mol. The van der Waals surface area contributed by atoms with Crippen LogP contribution in [0.2, 0.25) is 0 Å². The molecule has 0 aromatic heterocycles. The van der Waals surface area contributed by atoms with Crippen molar-refractivity contribution in [2.75, 3.05) is 33.0 Å². The highest BCUT2D eigenvalue weighted by Crippen LogP contribution is 2.13. The molecule has 3 rings (SSSR count). The van der Waals surface area contributed by atoms with Crippen LogP contribution >= 0.6 is 0 Å². The highest BCUT2D eigenvalue weighted by molar-refractivity contribution is 5.21. The second-order valence-electron chi connectivity index (χ2n) is 7.10. The molecule has 38 heavy (non-hydrogen) atoms. The van der Waals surface area contributed by atoms with Gasteiger partial charge < -0.3 is 24.1 Å². The fourth-order valence-electron chi connectivity index (χ4n) is 1.91. The van der Waals surface area contributed by atoms with E-state index in [-0.39, 0.29) is 13.2 Å². The molecule has 0 radical (unpaired) electrons. The number of para-hydroxylation sites is 2. The van der Waals surface area contributed by atoms with Crippen molar-refractivity contribution in [1.29, 1.82) is 0 Å². The minimum atomic E-state index is -0.606. The zero-order chi connectivity index (χ0) is 29.9. The molecule has 1 N–H and O–H groups in total. The summed E-state index contributed by atoms with van der Waals surface area (Å²) in [6.07, 6.45) is 3.88. The number of benzene rings is 2. The van der Waals surface area contributed by atoms with Crippen molar-refractivity contribution < 1.29 is 24.1 Å². The van der Waals surface area contributed by atoms with Crippen LogP contribution in [0.4, 0.5) is 0 Å². The van der Waals surface area contributed by atoms with Gasteiger partial charge in [-0.25, -0.2) is 0 Å². The summed E-state index contributed by atoms with van der Waals surface area (Å²) in [5.74, 6) is 1.67. The molecule has 0 amide bonds. The molecule has 1 fully saturated rings. The molecule has 2 unspecified atom stereocenters. The van der Waals surface area contributed by atoms with Crippen molar-refractivity contribution in [2.24, 2.45) is 0 Å². The fourth-order valence-corrected chi connectivity index (χ4v) is 1.91. The summed E-state index contributed by atoms with van der Waals surface area (Å²) in [5, 5.41) is 9.45. The second-order valence-corrected chi connectivity index (χ2v) is 7.10. The van der Waals surface area contributed by atoms with E-state index >= 15 is 0 Å². The number of epoxide rings is 1. The second kappa shape index (κ2) is 39.2. The Morgan fingerprint density at radius 3 is 1.55 bits per heavy atom. The molecule has 2 aromatic rings. The van der Waals surface area contributed by atoms with Crippen LogP contribution in [0.1, 0.15) is 82.1 Å². The first-order valence-electron chi connectivity index (χ1n) is 14.4. The van der Waals surface area contributed by atoms with E-state index in [1.807, 2.05) is 102 Å². The average Bonchev–Trinajstić information content (AvgIpc) is 3.81. The normalized spacial score (nSPS) is 12.3. The summed E-state index contributed by atoms with van der Waals surface area (Å²) in [6, 6.07) is 19.2. The Morgan fingerprint density at radius 2 is 1.18 bits per heavy atom. The molecule has 0 aliphatic carbocycles. The van der Waals surface area contributed by atoms with Gasteiger partial charge in [-0.3, -0.25) is 0 Å². The molecule has 5 nitrogen and oxygen atoms in total. The molecule has 5 heteroatoms. The quantitative estimate of drug-likeness (QED) is 0.186. The van der Waals surface area contributed by atoms with Gasteiger partial charge >= 0.3 is 0 Å². The molecule has 0 spiro atoms. The predicted molar refractivity (Wildman–Crippen MR) is 167 cm³/mol. The Labute approximate surface area is 236 Å². The number of hydrogen-bond donors (Lipinski definition) is 1. The number of rotatable bonds is 10. The van der Waals surface area contributed by atoms with Crippen LogP contribution in [0.3, 0.4) is 0 Å². The Morgan fingerprint density at radius 1 is 0.789 bits per heavy atom. The van der Waals surface area contributed by atoms with Gasteiger partial charge in [0.15, 0.2) is 0 Å². The smallest absolute Gasteiger partial charge is 0.119 e. The SMILES string of the molecule is C=CCOCC(O)COc1ccccc1.CC.CC.CC.CCC.CCC.c1ccc(OCC2CO2)cc1. The van der Waals surface area contributed by atoms with Gasteiger partial charge in [0.05, 0.1) is 19.8 Å². The summed E-state index contributed by atoms with van der Waals surface area (Å²) in [6.45, 7) is 26.5. The van der Waals surface area contributed by atoms with E-state index in [4.69, 9.17) is 18.9 Å². The maximum atomic E-state index is 9.45. The number of aliphatic hydroxyl groups excluding tert-OH is 1. The Hall–Kier alpha value is -2.34. The number of aliphatic hydroxyl groups is 1. The Bertz CT molecular complexity index is 628. The average molecular weight is 537 g/mol. The largest absolute Gasteiger partial charge is 0.491 e. The van der Waals surface area contributed by atoms with E-state index < -0.39 is 6.10 Å². The fraction of sp³-hybridized carbons (Fsp3) is 0.576. The van der Waals surface area contributed by atoms with Crippen molar-refractivity contribution in [3.05, 3.63) is 73.3 Å². The van der Waals surface area contributed by atoms with Gasteiger partial charge in [-0.2, -0.15) is 0 Å².